The first kappa shape index (κ1) is 20.7. The lowest BCUT2D eigenvalue weighted by molar-refractivity contribution is 0.156. The number of benzene rings is 3. The highest BCUT2D eigenvalue weighted by molar-refractivity contribution is 5.54. The van der Waals surface area contributed by atoms with Crippen molar-refractivity contribution in [3.8, 4) is 23.0 Å². The molecule has 5 heteroatoms. The van der Waals surface area contributed by atoms with Crippen LogP contribution in [0.1, 0.15) is 33.9 Å². The van der Waals surface area contributed by atoms with Crippen LogP contribution in [0.2, 0.25) is 0 Å². The number of rotatable bonds is 6. The molecule has 0 fully saturated rings. The van der Waals surface area contributed by atoms with E-state index in [-0.39, 0.29) is 0 Å². The van der Waals surface area contributed by atoms with Gasteiger partial charge in [0.15, 0.2) is 23.0 Å². The second-order valence-electron chi connectivity index (χ2n) is 8.36. The monoisotopic (exact) mass is 431 g/mol. The van der Waals surface area contributed by atoms with Gasteiger partial charge in [-0.25, -0.2) is 0 Å². The maximum atomic E-state index is 6.15. The Balaban J connectivity index is 1.45. The molecule has 32 heavy (non-hydrogen) atoms. The zero-order valence-electron chi connectivity index (χ0n) is 18.9. The van der Waals surface area contributed by atoms with Crippen LogP contribution in [0, 0.1) is 0 Å². The van der Waals surface area contributed by atoms with Gasteiger partial charge in [0.05, 0.1) is 21.3 Å². The van der Waals surface area contributed by atoms with Crippen molar-refractivity contribution in [1.29, 1.82) is 0 Å². The van der Waals surface area contributed by atoms with Crippen LogP contribution in [0.15, 0.2) is 54.6 Å². The van der Waals surface area contributed by atoms with Crippen LogP contribution in [0.25, 0.3) is 0 Å². The molecule has 166 valence electrons. The van der Waals surface area contributed by atoms with Crippen molar-refractivity contribution in [2.45, 2.75) is 32.0 Å². The van der Waals surface area contributed by atoms with E-state index >= 15 is 0 Å². The Morgan fingerprint density at radius 3 is 2.38 bits per heavy atom. The minimum absolute atomic E-state index is 0.326. The van der Waals surface area contributed by atoms with Crippen molar-refractivity contribution in [2.24, 2.45) is 0 Å². The molecular formula is C27H29NO4. The summed E-state index contributed by atoms with van der Waals surface area (Å²) in [6.07, 6.45) is 1.93. The Kier molecular flexibility index (Phi) is 5.66. The summed E-state index contributed by atoms with van der Waals surface area (Å²) in [7, 11) is 5.13. The van der Waals surface area contributed by atoms with Gasteiger partial charge in [-0.15, -0.1) is 0 Å². The molecule has 5 nitrogen and oxygen atoms in total. The third kappa shape index (κ3) is 3.67. The van der Waals surface area contributed by atoms with Crippen molar-refractivity contribution in [2.75, 3.05) is 27.9 Å². The van der Waals surface area contributed by atoms with Crippen LogP contribution in [-0.4, -0.2) is 32.8 Å². The molecule has 2 aliphatic heterocycles. The summed E-state index contributed by atoms with van der Waals surface area (Å²) >= 11 is 0. The van der Waals surface area contributed by atoms with Gasteiger partial charge in [-0.05, 0) is 53.3 Å². The molecule has 0 spiro atoms. The second kappa shape index (κ2) is 8.75. The van der Waals surface area contributed by atoms with Crippen LogP contribution in [0.4, 0.5) is 0 Å². The Bertz CT molecular complexity index is 1110. The number of methoxy groups -OCH3 is 3. The van der Waals surface area contributed by atoms with Gasteiger partial charge in [0, 0.05) is 24.7 Å². The minimum atomic E-state index is 0.326. The molecule has 3 aromatic carbocycles. The first-order valence-electron chi connectivity index (χ1n) is 11.1. The fraction of sp³-hybridized carbons (Fsp3) is 0.333. The first-order valence-corrected chi connectivity index (χ1v) is 11.1. The Morgan fingerprint density at radius 2 is 1.62 bits per heavy atom. The second-order valence-corrected chi connectivity index (χ2v) is 8.36. The third-order valence-electron chi connectivity index (χ3n) is 6.65. The fourth-order valence-corrected chi connectivity index (χ4v) is 5.00. The Hall–Kier alpha value is -3.18. The van der Waals surface area contributed by atoms with E-state index < -0.39 is 0 Å². The molecule has 0 N–H and O–H groups in total. The van der Waals surface area contributed by atoms with Gasteiger partial charge in [-0.2, -0.15) is 0 Å². The predicted molar refractivity (Wildman–Crippen MR) is 124 cm³/mol. The van der Waals surface area contributed by atoms with E-state index in [2.05, 4.69) is 41.3 Å². The smallest absolute Gasteiger partial charge is 0.165 e. The molecule has 1 atom stereocenters. The van der Waals surface area contributed by atoms with E-state index in [0.29, 0.717) is 12.6 Å². The van der Waals surface area contributed by atoms with Gasteiger partial charge >= 0.3 is 0 Å². The fourth-order valence-electron chi connectivity index (χ4n) is 5.00. The van der Waals surface area contributed by atoms with E-state index in [1.807, 2.05) is 18.2 Å². The SMILES string of the molecule is COc1cc2c(cc1OC)[C@@H]1Cc3ccc(OCc4ccccc4)c(OC)c3CN1CC2. The Morgan fingerprint density at radius 1 is 0.844 bits per heavy atom. The summed E-state index contributed by atoms with van der Waals surface area (Å²) in [4.78, 5) is 2.54. The van der Waals surface area contributed by atoms with E-state index in [1.165, 1.54) is 22.3 Å². The van der Waals surface area contributed by atoms with Crippen LogP contribution in [-0.2, 0) is 26.0 Å². The van der Waals surface area contributed by atoms with Crippen LogP contribution >= 0.6 is 0 Å². The van der Waals surface area contributed by atoms with Crippen molar-refractivity contribution in [3.05, 3.63) is 82.4 Å². The average Bonchev–Trinajstić information content (AvgIpc) is 2.85. The molecule has 0 aromatic heterocycles. The number of nitrogens with zero attached hydrogens (tertiary/aromatic N) is 1. The lowest BCUT2D eigenvalue weighted by Gasteiger charge is -2.42. The molecule has 0 saturated carbocycles. The summed E-state index contributed by atoms with van der Waals surface area (Å²) in [5.41, 5.74) is 6.38. The minimum Gasteiger partial charge on any atom is -0.493 e. The summed E-state index contributed by atoms with van der Waals surface area (Å²) in [5.74, 6) is 3.26. The first-order chi connectivity index (χ1) is 15.7. The zero-order chi connectivity index (χ0) is 22.1. The maximum Gasteiger partial charge on any atom is 0.165 e. The van der Waals surface area contributed by atoms with Gasteiger partial charge in [0.1, 0.15) is 6.61 Å². The number of ether oxygens (including phenoxy) is 4. The standard InChI is InChI=1S/C27H29NO4/c1-29-25-14-20-11-12-28-16-22-19(13-23(28)21(20)15-26(25)30-2)9-10-24(27(22)31-3)32-17-18-7-5-4-6-8-18/h4-10,14-15,23H,11-13,16-17H2,1-3H3/t23-/m0/s1. The zero-order valence-corrected chi connectivity index (χ0v) is 18.9. The normalized spacial score (nSPS) is 17.0. The van der Waals surface area contributed by atoms with E-state index in [1.54, 1.807) is 21.3 Å². The molecule has 3 aromatic rings. The van der Waals surface area contributed by atoms with E-state index in [0.717, 1.165) is 54.5 Å². The largest absolute Gasteiger partial charge is 0.493 e. The third-order valence-corrected chi connectivity index (χ3v) is 6.65. The maximum absolute atomic E-state index is 6.15. The highest BCUT2D eigenvalue weighted by atomic mass is 16.5. The Labute approximate surface area is 189 Å². The van der Waals surface area contributed by atoms with Gasteiger partial charge in [-0.3, -0.25) is 4.90 Å². The number of hydrogen-bond acceptors (Lipinski definition) is 5. The van der Waals surface area contributed by atoms with Crippen molar-refractivity contribution < 1.29 is 18.9 Å². The lowest BCUT2D eigenvalue weighted by Crippen LogP contribution is -2.39. The molecule has 0 saturated heterocycles. The van der Waals surface area contributed by atoms with Gasteiger partial charge in [0.2, 0.25) is 0 Å². The predicted octanol–water partition coefficient (Wildman–Crippen LogP) is 4.95. The average molecular weight is 432 g/mol. The topological polar surface area (TPSA) is 40.2 Å². The quantitative estimate of drug-likeness (QED) is 0.553. The highest BCUT2D eigenvalue weighted by Gasteiger charge is 2.35. The molecule has 5 rings (SSSR count). The van der Waals surface area contributed by atoms with Gasteiger partial charge in [-0.1, -0.05) is 36.4 Å². The molecular weight excluding hydrogens is 402 g/mol. The molecule has 2 heterocycles. The number of fused-ring (bicyclic) bond motifs is 4. The van der Waals surface area contributed by atoms with Crippen molar-refractivity contribution in [3.63, 3.8) is 0 Å². The van der Waals surface area contributed by atoms with Crippen LogP contribution < -0.4 is 18.9 Å². The molecule has 0 bridgehead atoms. The summed E-state index contributed by atoms with van der Waals surface area (Å²) in [6, 6.07) is 19.1. The number of hydrogen-bond donors (Lipinski definition) is 0. The summed E-state index contributed by atoms with van der Waals surface area (Å²) in [5, 5.41) is 0. The molecule has 0 radical (unpaired) electrons. The lowest BCUT2D eigenvalue weighted by atomic mass is 9.83. The van der Waals surface area contributed by atoms with Crippen molar-refractivity contribution >= 4 is 0 Å². The highest BCUT2D eigenvalue weighted by Crippen LogP contribution is 2.45. The molecule has 0 amide bonds. The molecule has 0 unspecified atom stereocenters. The van der Waals surface area contributed by atoms with Crippen molar-refractivity contribution in [1.82, 2.24) is 4.90 Å². The van der Waals surface area contributed by atoms with Gasteiger partial charge in [0.25, 0.3) is 0 Å². The van der Waals surface area contributed by atoms with Crippen LogP contribution in [0.3, 0.4) is 0 Å². The van der Waals surface area contributed by atoms with E-state index in [4.69, 9.17) is 18.9 Å². The van der Waals surface area contributed by atoms with Crippen LogP contribution in [0.5, 0.6) is 23.0 Å². The van der Waals surface area contributed by atoms with Gasteiger partial charge < -0.3 is 18.9 Å². The summed E-state index contributed by atoms with van der Waals surface area (Å²) < 4.78 is 23.1. The van der Waals surface area contributed by atoms with E-state index in [9.17, 15) is 0 Å². The molecule has 0 aliphatic carbocycles. The summed E-state index contributed by atoms with van der Waals surface area (Å²) in [6.45, 7) is 2.38. The molecule has 2 aliphatic rings.